The van der Waals surface area contributed by atoms with Crippen LogP contribution in [0.2, 0.25) is 0 Å². The maximum absolute atomic E-state index is 11.7. The van der Waals surface area contributed by atoms with Gasteiger partial charge in [0.25, 0.3) is 0 Å². The lowest BCUT2D eigenvalue weighted by molar-refractivity contribution is 0.146. The molecule has 1 unspecified atom stereocenters. The lowest BCUT2D eigenvalue weighted by atomic mass is 9.90. The van der Waals surface area contributed by atoms with Crippen LogP contribution in [0, 0.1) is 0 Å². The van der Waals surface area contributed by atoms with Gasteiger partial charge in [0.05, 0.1) is 18.1 Å². The fraction of sp³-hybridized carbons (Fsp3) is 0.318. The van der Waals surface area contributed by atoms with E-state index in [0.717, 1.165) is 41.4 Å². The van der Waals surface area contributed by atoms with Crippen molar-refractivity contribution in [2.75, 3.05) is 11.0 Å². The highest BCUT2D eigenvalue weighted by molar-refractivity contribution is 7.92. The molecule has 0 fully saturated rings. The van der Waals surface area contributed by atoms with E-state index in [9.17, 15) is 13.5 Å². The zero-order valence-electron chi connectivity index (χ0n) is 17.1. The van der Waals surface area contributed by atoms with Crippen LogP contribution < -0.4 is 10.0 Å². The van der Waals surface area contributed by atoms with E-state index in [0.29, 0.717) is 5.69 Å². The summed E-state index contributed by atoms with van der Waals surface area (Å²) in [6.45, 7) is 11.6. The Labute approximate surface area is 173 Å². The summed E-state index contributed by atoms with van der Waals surface area (Å²) in [5, 5.41) is 14.0. The second-order valence-electron chi connectivity index (χ2n) is 7.50. The maximum Gasteiger partial charge on any atom is 0.229 e. The number of anilines is 1. The SMILES string of the molecule is C=C/C=C\C(=C)C(C)(C)NC(O)C1=CCCC(c2ccncc2NS(C)(=O)=O)=C1. The summed E-state index contributed by atoms with van der Waals surface area (Å²) < 4.78 is 25.8. The molecule has 1 aliphatic rings. The molecule has 1 aliphatic carbocycles. The van der Waals surface area contributed by atoms with Gasteiger partial charge in [0.1, 0.15) is 6.23 Å². The molecule has 0 amide bonds. The van der Waals surface area contributed by atoms with E-state index in [4.69, 9.17) is 0 Å². The summed E-state index contributed by atoms with van der Waals surface area (Å²) in [6.07, 6.45) is 14.0. The highest BCUT2D eigenvalue weighted by Crippen LogP contribution is 2.32. The fourth-order valence-electron chi connectivity index (χ4n) is 3.00. The van der Waals surface area contributed by atoms with Gasteiger partial charge in [-0.25, -0.2) is 8.42 Å². The number of aromatic nitrogens is 1. The van der Waals surface area contributed by atoms with Crippen LogP contribution in [0.3, 0.4) is 0 Å². The predicted octanol–water partition coefficient (Wildman–Crippen LogP) is 3.54. The Morgan fingerprint density at radius 3 is 2.79 bits per heavy atom. The number of allylic oxidation sites excluding steroid dienone is 4. The number of rotatable bonds is 9. The van der Waals surface area contributed by atoms with Gasteiger partial charge in [-0.1, -0.05) is 43.5 Å². The number of sulfonamides is 1. The Morgan fingerprint density at radius 1 is 1.41 bits per heavy atom. The number of hydrogen-bond acceptors (Lipinski definition) is 5. The van der Waals surface area contributed by atoms with Gasteiger partial charge >= 0.3 is 0 Å². The van der Waals surface area contributed by atoms with Gasteiger partial charge < -0.3 is 5.11 Å². The topological polar surface area (TPSA) is 91.3 Å². The maximum atomic E-state index is 11.7. The molecule has 0 bridgehead atoms. The van der Waals surface area contributed by atoms with Crippen molar-refractivity contribution < 1.29 is 13.5 Å². The van der Waals surface area contributed by atoms with Crippen LogP contribution in [0.25, 0.3) is 5.57 Å². The number of hydrogen-bond donors (Lipinski definition) is 3. The monoisotopic (exact) mass is 415 g/mol. The molecule has 1 aromatic rings. The lowest BCUT2D eigenvalue weighted by Crippen LogP contribution is -2.47. The van der Waals surface area contributed by atoms with Crippen molar-refractivity contribution in [1.29, 1.82) is 0 Å². The van der Waals surface area contributed by atoms with Crippen molar-refractivity contribution in [3.63, 3.8) is 0 Å². The van der Waals surface area contributed by atoms with E-state index in [-0.39, 0.29) is 0 Å². The molecular formula is C22H29N3O3S. The van der Waals surface area contributed by atoms with Crippen molar-refractivity contribution in [2.45, 2.75) is 38.5 Å². The molecule has 0 radical (unpaired) electrons. The molecule has 0 spiro atoms. The number of pyridine rings is 1. The highest BCUT2D eigenvalue weighted by atomic mass is 32.2. The Kier molecular flexibility index (Phi) is 7.35. The zero-order valence-corrected chi connectivity index (χ0v) is 18.0. The van der Waals surface area contributed by atoms with E-state index in [1.165, 1.54) is 6.20 Å². The van der Waals surface area contributed by atoms with Crippen LogP contribution in [-0.2, 0) is 10.0 Å². The lowest BCUT2D eigenvalue weighted by Gasteiger charge is -2.32. The van der Waals surface area contributed by atoms with E-state index in [2.05, 4.69) is 28.2 Å². The minimum atomic E-state index is -3.43. The third-order valence-electron chi connectivity index (χ3n) is 4.65. The summed E-state index contributed by atoms with van der Waals surface area (Å²) in [5.41, 5.74) is 3.10. The number of nitrogens with one attached hydrogen (secondary N) is 2. The summed E-state index contributed by atoms with van der Waals surface area (Å²) in [7, 11) is -3.43. The minimum Gasteiger partial charge on any atom is -0.374 e. The summed E-state index contributed by atoms with van der Waals surface area (Å²) >= 11 is 0. The van der Waals surface area contributed by atoms with Crippen molar-refractivity contribution in [3.05, 3.63) is 78.7 Å². The normalized spacial score (nSPS) is 16.1. The average Bonchev–Trinajstić information content (AvgIpc) is 2.65. The van der Waals surface area contributed by atoms with Crippen LogP contribution in [-0.4, -0.2) is 36.5 Å². The van der Waals surface area contributed by atoms with E-state index in [1.54, 1.807) is 24.4 Å². The van der Waals surface area contributed by atoms with Crippen molar-refractivity contribution in [3.8, 4) is 0 Å². The number of aliphatic hydroxyl groups is 1. The van der Waals surface area contributed by atoms with E-state index in [1.807, 2.05) is 32.1 Å². The van der Waals surface area contributed by atoms with Gasteiger partial charge in [0.15, 0.2) is 0 Å². The van der Waals surface area contributed by atoms with Gasteiger partial charge in [0, 0.05) is 17.3 Å². The molecule has 1 aromatic heterocycles. The molecule has 29 heavy (non-hydrogen) atoms. The summed E-state index contributed by atoms with van der Waals surface area (Å²) in [4.78, 5) is 4.02. The average molecular weight is 416 g/mol. The Hall–Kier alpha value is -2.48. The van der Waals surface area contributed by atoms with Crippen LogP contribution in [0.5, 0.6) is 0 Å². The largest absolute Gasteiger partial charge is 0.374 e. The molecule has 2 rings (SSSR count). The standard InChI is InChI=1S/C22H29N3O3S/c1-6-7-9-16(2)22(3,4)24-21(26)18-11-8-10-17(14-18)19-12-13-23-15-20(19)25-29(5,27)28/h6-7,9,11-15,21,24-26H,1-2,8,10H2,3-5H3/b9-7-. The molecule has 1 atom stereocenters. The number of aliphatic hydroxyl groups excluding tert-OH is 1. The smallest absolute Gasteiger partial charge is 0.229 e. The minimum absolute atomic E-state index is 0.424. The third-order valence-corrected chi connectivity index (χ3v) is 5.24. The molecule has 7 heteroatoms. The first-order valence-electron chi connectivity index (χ1n) is 9.30. The first-order valence-corrected chi connectivity index (χ1v) is 11.2. The zero-order chi connectivity index (χ0) is 21.7. The first kappa shape index (κ1) is 22.8. The third kappa shape index (κ3) is 6.52. The highest BCUT2D eigenvalue weighted by Gasteiger charge is 2.25. The van der Waals surface area contributed by atoms with Crippen LogP contribution in [0.15, 0.2) is 73.1 Å². The van der Waals surface area contributed by atoms with Crippen LogP contribution >= 0.6 is 0 Å². The number of nitrogens with zero attached hydrogens (tertiary/aromatic N) is 1. The van der Waals surface area contributed by atoms with Crippen LogP contribution in [0.4, 0.5) is 5.69 Å². The van der Waals surface area contributed by atoms with Gasteiger partial charge in [-0.3, -0.25) is 15.0 Å². The van der Waals surface area contributed by atoms with Gasteiger partial charge in [0.2, 0.25) is 10.0 Å². The van der Waals surface area contributed by atoms with Crippen molar-refractivity contribution >= 4 is 21.3 Å². The molecule has 0 saturated carbocycles. The molecule has 0 saturated heterocycles. The summed E-state index contributed by atoms with van der Waals surface area (Å²) in [6, 6.07) is 1.77. The fourth-order valence-corrected chi connectivity index (χ4v) is 3.56. The van der Waals surface area contributed by atoms with Crippen molar-refractivity contribution in [1.82, 2.24) is 10.3 Å². The Balaban J connectivity index is 2.26. The molecule has 1 heterocycles. The van der Waals surface area contributed by atoms with Gasteiger partial charge in [-0.15, -0.1) is 0 Å². The van der Waals surface area contributed by atoms with Gasteiger partial charge in [-0.2, -0.15) is 0 Å². The molecule has 3 N–H and O–H groups in total. The first-order chi connectivity index (χ1) is 13.5. The predicted molar refractivity (Wildman–Crippen MR) is 120 cm³/mol. The molecule has 0 aromatic carbocycles. The van der Waals surface area contributed by atoms with Crippen molar-refractivity contribution in [2.24, 2.45) is 0 Å². The molecule has 6 nitrogen and oxygen atoms in total. The molecular weight excluding hydrogens is 386 g/mol. The van der Waals surface area contributed by atoms with Gasteiger partial charge in [-0.05, 0) is 49.5 Å². The second-order valence-corrected chi connectivity index (χ2v) is 9.25. The molecule has 156 valence electrons. The quantitative estimate of drug-likeness (QED) is 0.424. The van der Waals surface area contributed by atoms with Crippen LogP contribution in [0.1, 0.15) is 32.3 Å². The Bertz CT molecular complexity index is 973. The second kappa shape index (κ2) is 9.35. The van der Waals surface area contributed by atoms with E-state index >= 15 is 0 Å². The van der Waals surface area contributed by atoms with E-state index < -0.39 is 21.8 Å². The Morgan fingerprint density at radius 2 is 2.14 bits per heavy atom. The molecule has 0 aliphatic heterocycles. The summed E-state index contributed by atoms with van der Waals surface area (Å²) in [5.74, 6) is 0.